The number of aromatic hydroxyl groups is 2. The minimum atomic E-state index is -0.307. The van der Waals surface area contributed by atoms with E-state index in [9.17, 15) is 24.6 Å². The van der Waals surface area contributed by atoms with E-state index in [0.29, 0.717) is 69.9 Å². The van der Waals surface area contributed by atoms with Gasteiger partial charge in [-0.15, -0.1) is 11.8 Å². The third kappa shape index (κ3) is 10.7. The van der Waals surface area contributed by atoms with Gasteiger partial charge in [-0.1, -0.05) is 50.2 Å². The zero-order valence-electron chi connectivity index (χ0n) is 42.4. The van der Waals surface area contributed by atoms with E-state index in [1.54, 1.807) is 49.6 Å². The fourth-order valence-electron chi connectivity index (χ4n) is 9.86. The summed E-state index contributed by atoms with van der Waals surface area (Å²) in [5.41, 5.74) is 8.72. The summed E-state index contributed by atoms with van der Waals surface area (Å²) in [6.45, 7) is 9.28. The summed E-state index contributed by atoms with van der Waals surface area (Å²) in [6.07, 6.45) is 4.69. The first-order valence-electron chi connectivity index (χ1n) is 24.5. The minimum absolute atomic E-state index is 0.0254. The maximum Gasteiger partial charge on any atom is 0.262 e. The van der Waals surface area contributed by atoms with Crippen LogP contribution >= 0.6 is 11.8 Å². The molecule has 5 aromatic carbocycles. The van der Waals surface area contributed by atoms with Crippen LogP contribution in [0.4, 0.5) is 28.4 Å². The van der Waals surface area contributed by atoms with Crippen LogP contribution in [0.15, 0.2) is 107 Å². The van der Waals surface area contributed by atoms with E-state index in [-0.39, 0.29) is 66.4 Å². The third-order valence-corrected chi connectivity index (χ3v) is 14.9. The molecule has 6 aromatic rings. The first-order chi connectivity index (χ1) is 35.1. The fourth-order valence-corrected chi connectivity index (χ4v) is 11.1. The second-order valence-electron chi connectivity index (χ2n) is 19.2. The molecule has 0 saturated carbocycles. The fraction of sp³-hybridized carbons (Fsp3) is 0.333. The van der Waals surface area contributed by atoms with Crippen molar-refractivity contribution in [2.24, 2.45) is 4.99 Å². The van der Waals surface area contributed by atoms with Crippen LogP contribution in [0.3, 0.4) is 0 Å². The van der Waals surface area contributed by atoms with Gasteiger partial charge in [-0.25, -0.2) is 0 Å². The van der Waals surface area contributed by atoms with Crippen molar-refractivity contribution in [1.82, 2.24) is 4.57 Å². The first-order valence-corrected chi connectivity index (χ1v) is 25.4. The molecule has 2 amide bonds. The number of aliphatic imine (C=N–C) groups is 1. The molecular weight excluding hydrogens is 945 g/mol. The highest BCUT2D eigenvalue weighted by molar-refractivity contribution is 8.00. The summed E-state index contributed by atoms with van der Waals surface area (Å²) in [5, 5.41) is 25.1. The monoisotopic (exact) mass is 1010 g/mol. The van der Waals surface area contributed by atoms with Gasteiger partial charge >= 0.3 is 0 Å². The first kappa shape index (κ1) is 50.4. The number of ketones is 1. The molecule has 0 bridgehead atoms. The number of methoxy groups -OCH3 is 2. The van der Waals surface area contributed by atoms with E-state index < -0.39 is 0 Å². The molecule has 15 nitrogen and oxygen atoms in total. The number of fused-ring (bicyclic) bond motifs is 5. The quantitative estimate of drug-likeness (QED) is 0.0490. The molecule has 0 aliphatic carbocycles. The molecule has 0 radical (unpaired) electrons. The average Bonchev–Trinajstić information content (AvgIpc) is 4.06. The number of nitrogens with one attached hydrogen (secondary N) is 1. The van der Waals surface area contributed by atoms with Crippen LogP contribution in [-0.4, -0.2) is 83.9 Å². The number of carbonyl (C=O) groups is 3. The topological polar surface area (TPSA) is 168 Å². The van der Waals surface area contributed by atoms with E-state index in [1.165, 1.54) is 23.3 Å². The zero-order chi connectivity index (χ0) is 51.6. The highest BCUT2D eigenvalue weighted by Gasteiger charge is 2.40. The number of para-hydroxylation sites is 2. The molecule has 1 unspecified atom stereocenters. The Kier molecular flexibility index (Phi) is 14.7. The summed E-state index contributed by atoms with van der Waals surface area (Å²) in [4.78, 5) is 50.6. The summed E-state index contributed by atoms with van der Waals surface area (Å²) in [5.74, 6) is 1.33. The smallest absolute Gasteiger partial charge is 0.262 e. The van der Waals surface area contributed by atoms with Gasteiger partial charge in [0.2, 0.25) is 5.88 Å². The van der Waals surface area contributed by atoms with Gasteiger partial charge in [-0.3, -0.25) is 28.8 Å². The Morgan fingerprint density at radius 3 is 2.25 bits per heavy atom. The van der Waals surface area contributed by atoms with Crippen LogP contribution in [0.25, 0.3) is 0 Å². The Labute approximate surface area is 430 Å². The molecule has 4 heterocycles. The summed E-state index contributed by atoms with van der Waals surface area (Å²) in [7, 11) is 5.15. The minimum Gasteiger partial charge on any atom is -0.494 e. The van der Waals surface area contributed by atoms with Gasteiger partial charge in [0.15, 0.2) is 28.9 Å². The number of anilines is 4. The second kappa shape index (κ2) is 21.2. The van der Waals surface area contributed by atoms with Crippen molar-refractivity contribution in [3.05, 3.63) is 130 Å². The number of amides is 2. The molecule has 0 spiro atoms. The molecule has 0 fully saturated rings. The number of Topliss-reactive ketones (excluding diaryl/α,β-unsaturated/α-hetero) is 1. The summed E-state index contributed by atoms with van der Waals surface area (Å²) >= 11 is 1.49. The Hall–Kier alpha value is -7.59. The number of carbonyl (C=O) groups excluding carboxylic acids is 3. The van der Waals surface area contributed by atoms with Gasteiger partial charge in [-0.2, -0.15) is 0 Å². The summed E-state index contributed by atoms with van der Waals surface area (Å²) < 4.78 is 25.9. The van der Waals surface area contributed by atoms with Crippen LogP contribution < -0.4 is 39.0 Å². The van der Waals surface area contributed by atoms with Crippen LogP contribution in [0.5, 0.6) is 34.8 Å². The number of ether oxygens (including phenoxy) is 4. The van der Waals surface area contributed by atoms with Crippen LogP contribution in [-0.2, 0) is 37.4 Å². The van der Waals surface area contributed by atoms with Crippen molar-refractivity contribution >= 4 is 64.0 Å². The van der Waals surface area contributed by atoms with Gasteiger partial charge in [0.1, 0.15) is 25.2 Å². The lowest BCUT2D eigenvalue weighted by molar-refractivity contribution is -0.117. The second-order valence-corrected chi connectivity index (χ2v) is 21.0. The van der Waals surface area contributed by atoms with E-state index in [0.717, 1.165) is 58.6 Å². The standard InChI is InChI=1S/C57H62N6O9S/c1-8-58-43-30-49(47(69-6)28-41(43)54(66)61-23-19-38-14-9-11-16-45(38)61)71-33-36-24-37(26-40(25-36)60(5)21-13-20-57(3,4)73-51-32-53(65)62(56(51)68)22-18-35(2)64)34-72-50-31-44-42(29-48(50)70-7)55(67)63-46-17-12-10-15-39(46)27-52(63)59-44/h8-12,14-17,24-26,28-32,52,59,65,68H,13,18-23,27,33-34H2,1-7H3. The predicted octanol–water partition coefficient (Wildman–Crippen LogP) is 10.7. The van der Waals surface area contributed by atoms with E-state index in [4.69, 9.17) is 18.9 Å². The molecule has 1 aromatic heterocycles. The number of aromatic nitrogens is 1. The average molecular weight is 1010 g/mol. The van der Waals surface area contributed by atoms with Crippen LogP contribution in [0.2, 0.25) is 0 Å². The zero-order valence-corrected chi connectivity index (χ0v) is 43.2. The number of hydrogen-bond acceptors (Lipinski definition) is 13. The van der Waals surface area contributed by atoms with Crippen LogP contribution in [0.1, 0.15) is 89.9 Å². The molecular formula is C57H62N6O9S. The number of rotatable bonds is 20. The molecule has 3 aliphatic heterocycles. The Morgan fingerprint density at radius 1 is 0.877 bits per heavy atom. The SMILES string of the molecule is CC=Nc1cc(OCc2cc(COc3cc4c(cc3OC)C(=O)N3c5ccccc5CC3N4)cc(N(C)CCCC(C)(C)Sc3cc(O)n(CCC(C)=O)c3O)c2)c(OC)cc1C(=O)N1CCc2ccccc21. The Balaban J connectivity index is 0.955. The predicted molar refractivity (Wildman–Crippen MR) is 287 cm³/mol. The van der Waals surface area contributed by atoms with Crippen molar-refractivity contribution in [3.8, 4) is 34.8 Å². The number of hydrogen-bond donors (Lipinski definition) is 3. The lowest BCUT2D eigenvalue weighted by Gasteiger charge is -2.33. The maximum absolute atomic E-state index is 14.1. The molecule has 1 atom stereocenters. The van der Waals surface area contributed by atoms with E-state index in [2.05, 4.69) is 47.3 Å². The molecule has 9 rings (SSSR count). The molecule has 0 saturated heterocycles. The lowest BCUT2D eigenvalue weighted by Crippen LogP contribution is -2.46. The number of thioether (sulfide) groups is 1. The van der Waals surface area contributed by atoms with Crippen molar-refractivity contribution in [2.45, 2.75) is 95.4 Å². The Morgan fingerprint density at radius 2 is 1.55 bits per heavy atom. The largest absolute Gasteiger partial charge is 0.494 e. The maximum atomic E-state index is 14.1. The van der Waals surface area contributed by atoms with E-state index >= 15 is 0 Å². The van der Waals surface area contributed by atoms with Crippen molar-refractivity contribution in [2.75, 3.05) is 54.4 Å². The van der Waals surface area contributed by atoms with Gasteiger partial charge in [0, 0.05) is 85.7 Å². The van der Waals surface area contributed by atoms with Gasteiger partial charge in [-0.05, 0) is 97.8 Å². The molecule has 73 heavy (non-hydrogen) atoms. The van der Waals surface area contributed by atoms with Gasteiger partial charge < -0.3 is 44.3 Å². The number of nitrogens with zero attached hydrogens (tertiary/aromatic N) is 5. The molecule has 16 heteroatoms. The highest BCUT2D eigenvalue weighted by atomic mass is 32.2. The normalized spacial score (nSPS) is 14.6. The van der Waals surface area contributed by atoms with E-state index in [1.807, 2.05) is 73.5 Å². The molecule has 3 N–H and O–H groups in total. The van der Waals surface area contributed by atoms with Gasteiger partial charge in [0.05, 0.1) is 41.6 Å². The highest BCUT2D eigenvalue weighted by Crippen LogP contribution is 2.45. The van der Waals surface area contributed by atoms with Crippen molar-refractivity contribution in [3.63, 3.8) is 0 Å². The number of benzene rings is 5. The molecule has 3 aliphatic rings. The summed E-state index contributed by atoms with van der Waals surface area (Å²) in [6, 6.07) is 30.7. The molecule has 380 valence electrons. The van der Waals surface area contributed by atoms with Crippen LogP contribution in [0, 0.1) is 0 Å². The lowest BCUT2D eigenvalue weighted by atomic mass is 10.1. The van der Waals surface area contributed by atoms with Gasteiger partial charge in [0.25, 0.3) is 11.8 Å². The van der Waals surface area contributed by atoms with Crippen molar-refractivity contribution in [1.29, 1.82) is 0 Å². The van der Waals surface area contributed by atoms with Crippen molar-refractivity contribution < 1.29 is 43.5 Å². The third-order valence-electron chi connectivity index (χ3n) is 13.6. The Bertz CT molecular complexity index is 3110.